The standard InChI is InChI=1S/C13H9.C12H23OSi2.2ClH.Zr/c1-3-7-12-10(5-1)9-11-6-2-4-8-13(11)12;1-7-10-11(13-15(4,5)6)8-9-12(10)14(2)3;;;/h1-5,7-8H,9H2;14H,7-8H2,1-6H3;2*1H;/q2*-1;;;+4/p-2. The Bertz CT molecular complexity index is 874. The molecule has 31 heavy (non-hydrogen) atoms. The maximum absolute atomic E-state index is 6.14. The monoisotopic (exact) mass is 564 g/mol. The van der Waals surface area contributed by atoms with Gasteiger partial charge in [0.15, 0.2) is 0 Å². The van der Waals surface area contributed by atoms with Crippen molar-refractivity contribution in [2.24, 2.45) is 0 Å². The van der Waals surface area contributed by atoms with Crippen molar-refractivity contribution in [3.8, 4) is 11.1 Å². The first kappa shape index (κ1) is 30.6. The van der Waals surface area contributed by atoms with Crippen LogP contribution in [0.1, 0.15) is 30.9 Å². The molecular formula is C25H32Cl2OSi2Zr. The number of hydrogen-bond donors (Lipinski definition) is 0. The summed E-state index contributed by atoms with van der Waals surface area (Å²) in [4.78, 5) is 0. The third kappa shape index (κ3) is 7.86. The zero-order valence-corrected chi connectivity index (χ0v) is 25.5. The summed E-state index contributed by atoms with van der Waals surface area (Å²) in [5.74, 6) is 1.23. The summed E-state index contributed by atoms with van der Waals surface area (Å²) >= 11 is 0. The van der Waals surface area contributed by atoms with Crippen LogP contribution in [-0.4, -0.2) is 17.1 Å². The molecule has 0 amide bonds. The number of allylic oxidation sites excluding steroid dienone is 3. The second-order valence-corrected chi connectivity index (χ2v) is 16.1. The number of halogens is 2. The van der Waals surface area contributed by atoms with Gasteiger partial charge in [-0.05, 0) is 31.8 Å². The number of benzene rings is 2. The summed E-state index contributed by atoms with van der Waals surface area (Å²) in [7, 11) is -2.16. The van der Waals surface area contributed by atoms with Crippen molar-refractivity contribution < 1.29 is 55.4 Å². The summed E-state index contributed by atoms with van der Waals surface area (Å²) in [6, 6.07) is 18.1. The van der Waals surface area contributed by atoms with Gasteiger partial charge >= 0.3 is 26.2 Å². The first-order chi connectivity index (χ1) is 13.3. The fraction of sp³-hybridized carbons (Fsp3) is 0.360. The summed E-state index contributed by atoms with van der Waals surface area (Å²) < 4.78 is 6.14. The molecule has 0 fully saturated rings. The molecule has 0 aliphatic heterocycles. The van der Waals surface area contributed by atoms with Gasteiger partial charge in [-0.15, -0.1) is 5.56 Å². The SMILES string of the molecule is CCC1=C(O[Si](C)(C)C)C[C-]=C1[SiH](C)C.[Cl-].[Cl-].[Zr+4].[c-]1cccc2c1Cc1ccccc1-2. The second kappa shape index (κ2) is 13.4. The second-order valence-electron chi connectivity index (χ2n) is 8.79. The third-order valence-corrected chi connectivity index (χ3v) is 7.64. The van der Waals surface area contributed by atoms with Crippen LogP contribution in [-0.2, 0) is 37.1 Å². The Morgan fingerprint density at radius 3 is 2.26 bits per heavy atom. The quantitative estimate of drug-likeness (QED) is 0.334. The van der Waals surface area contributed by atoms with E-state index < -0.39 is 17.1 Å². The molecule has 0 unspecified atom stereocenters. The van der Waals surface area contributed by atoms with Crippen LogP contribution in [0, 0.1) is 12.1 Å². The van der Waals surface area contributed by atoms with Crippen LogP contribution in [0.15, 0.2) is 59.0 Å². The Morgan fingerprint density at radius 1 is 1.00 bits per heavy atom. The maximum atomic E-state index is 6.14. The number of rotatable bonds is 4. The van der Waals surface area contributed by atoms with Crippen molar-refractivity contribution in [3.63, 3.8) is 0 Å². The largest absolute Gasteiger partial charge is 4.00 e. The van der Waals surface area contributed by atoms with E-state index in [0.717, 1.165) is 19.3 Å². The van der Waals surface area contributed by atoms with Gasteiger partial charge < -0.3 is 29.2 Å². The predicted octanol–water partition coefficient (Wildman–Crippen LogP) is 0.725. The smallest absolute Gasteiger partial charge is 1.00 e. The molecule has 0 radical (unpaired) electrons. The molecule has 0 N–H and O–H groups in total. The summed E-state index contributed by atoms with van der Waals surface area (Å²) in [6.07, 6.45) is 6.61. The van der Waals surface area contributed by atoms with Crippen LogP contribution in [0.4, 0.5) is 0 Å². The van der Waals surface area contributed by atoms with E-state index in [-0.39, 0.29) is 51.0 Å². The fourth-order valence-corrected chi connectivity index (χ4v) is 6.45. The summed E-state index contributed by atoms with van der Waals surface area (Å²) in [6.45, 7) is 13.7. The third-order valence-electron chi connectivity index (χ3n) is 5.08. The molecule has 2 aromatic rings. The zero-order chi connectivity index (χ0) is 20.3. The topological polar surface area (TPSA) is 9.23 Å². The molecule has 4 rings (SSSR count). The molecule has 6 heteroatoms. The van der Waals surface area contributed by atoms with E-state index in [4.69, 9.17) is 4.43 Å². The van der Waals surface area contributed by atoms with E-state index >= 15 is 0 Å². The van der Waals surface area contributed by atoms with Crippen LogP contribution in [0.2, 0.25) is 32.7 Å². The van der Waals surface area contributed by atoms with Gasteiger partial charge in [-0.3, -0.25) is 6.08 Å². The average molecular weight is 567 g/mol. The summed E-state index contributed by atoms with van der Waals surface area (Å²) in [5.41, 5.74) is 6.98. The Morgan fingerprint density at radius 2 is 1.65 bits per heavy atom. The fourth-order valence-electron chi connectivity index (χ4n) is 3.94. The van der Waals surface area contributed by atoms with E-state index in [1.165, 1.54) is 38.8 Å². The predicted molar refractivity (Wildman–Crippen MR) is 126 cm³/mol. The Hall–Kier alpha value is -0.383. The average Bonchev–Trinajstić information content (AvgIpc) is 3.21. The molecule has 2 aliphatic rings. The van der Waals surface area contributed by atoms with Gasteiger partial charge in [0.2, 0.25) is 8.32 Å². The minimum Gasteiger partial charge on any atom is -1.00 e. The Labute approximate surface area is 223 Å². The van der Waals surface area contributed by atoms with Crippen LogP contribution in [0.25, 0.3) is 11.1 Å². The first-order valence-corrected chi connectivity index (χ1v) is 16.7. The van der Waals surface area contributed by atoms with Crippen molar-refractivity contribution in [2.45, 2.75) is 58.9 Å². The maximum Gasteiger partial charge on any atom is 4.00 e. The van der Waals surface area contributed by atoms with Crippen LogP contribution in [0.5, 0.6) is 0 Å². The molecule has 2 aliphatic carbocycles. The molecule has 164 valence electrons. The van der Waals surface area contributed by atoms with Gasteiger partial charge in [0.05, 0.1) is 0 Å². The molecule has 0 bridgehead atoms. The van der Waals surface area contributed by atoms with Crippen molar-refractivity contribution in [1.82, 2.24) is 0 Å². The summed E-state index contributed by atoms with van der Waals surface area (Å²) in [5, 5.41) is 1.52. The molecule has 2 aromatic carbocycles. The van der Waals surface area contributed by atoms with E-state index in [1.54, 1.807) is 0 Å². The van der Waals surface area contributed by atoms with E-state index in [1.807, 2.05) is 6.07 Å². The molecule has 0 atom stereocenters. The molecule has 0 heterocycles. The van der Waals surface area contributed by atoms with Gasteiger partial charge in [-0.2, -0.15) is 35.4 Å². The Kier molecular flexibility index (Phi) is 13.2. The minimum absolute atomic E-state index is 0. The Balaban J connectivity index is 0.000000531. The molecular weight excluding hydrogens is 535 g/mol. The first-order valence-electron chi connectivity index (χ1n) is 10.4. The molecule has 0 aromatic heterocycles. The zero-order valence-electron chi connectivity index (χ0n) is 19.4. The van der Waals surface area contributed by atoms with Crippen LogP contribution < -0.4 is 24.8 Å². The van der Waals surface area contributed by atoms with E-state index in [9.17, 15) is 0 Å². The normalized spacial score (nSPS) is 13.6. The van der Waals surface area contributed by atoms with Crippen molar-refractivity contribution >= 4 is 17.1 Å². The van der Waals surface area contributed by atoms with Gasteiger partial charge in [0.25, 0.3) is 0 Å². The number of hydrogen-bond acceptors (Lipinski definition) is 1. The van der Waals surface area contributed by atoms with Gasteiger partial charge in [0.1, 0.15) is 0 Å². The molecule has 1 nitrogen and oxygen atoms in total. The van der Waals surface area contributed by atoms with Crippen molar-refractivity contribution in [2.75, 3.05) is 0 Å². The van der Waals surface area contributed by atoms with E-state index in [2.05, 4.69) is 88.2 Å². The molecule has 0 saturated carbocycles. The number of fused-ring (bicyclic) bond motifs is 3. The van der Waals surface area contributed by atoms with Crippen molar-refractivity contribution in [3.05, 3.63) is 82.3 Å². The molecule has 0 spiro atoms. The van der Waals surface area contributed by atoms with Crippen LogP contribution >= 0.6 is 0 Å². The van der Waals surface area contributed by atoms with Crippen molar-refractivity contribution in [1.29, 1.82) is 0 Å². The van der Waals surface area contributed by atoms with Gasteiger partial charge in [-0.25, -0.2) is 5.20 Å². The van der Waals surface area contributed by atoms with E-state index in [0.29, 0.717) is 0 Å². The molecule has 0 saturated heterocycles. The minimum atomic E-state index is -1.44. The van der Waals surface area contributed by atoms with Gasteiger partial charge in [0, 0.05) is 8.80 Å². The van der Waals surface area contributed by atoms with Crippen LogP contribution in [0.3, 0.4) is 0 Å². The van der Waals surface area contributed by atoms with Gasteiger partial charge in [-0.1, -0.05) is 68.3 Å².